The van der Waals surface area contributed by atoms with E-state index in [0.29, 0.717) is 17.5 Å². The molecule has 14 heavy (non-hydrogen) atoms. The summed E-state index contributed by atoms with van der Waals surface area (Å²) in [6, 6.07) is 4.99. The molecule has 78 valence electrons. The maximum atomic E-state index is 13.3. The van der Waals surface area contributed by atoms with Crippen LogP contribution in [0.5, 0.6) is 0 Å². The van der Waals surface area contributed by atoms with Crippen LogP contribution in [-0.4, -0.2) is 11.8 Å². The first-order valence-electron chi connectivity index (χ1n) is 4.39. The van der Waals surface area contributed by atoms with Crippen molar-refractivity contribution in [3.8, 4) is 0 Å². The van der Waals surface area contributed by atoms with E-state index in [1.165, 1.54) is 6.07 Å². The van der Waals surface area contributed by atoms with Gasteiger partial charge in [-0.25, -0.2) is 4.39 Å². The second-order valence-corrected chi connectivity index (χ2v) is 5.44. The lowest BCUT2D eigenvalue weighted by atomic mass is 10.2. The summed E-state index contributed by atoms with van der Waals surface area (Å²) in [5.74, 6) is 0.522. The van der Waals surface area contributed by atoms with Crippen LogP contribution in [0, 0.1) is 5.82 Å². The first kappa shape index (κ1) is 12.0. The molecule has 0 aliphatic carbocycles. The zero-order valence-electron chi connectivity index (χ0n) is 7.97. The maximum absolute atomic E-state index is 13.3. The lowest BCUT2D eigenvalue weighted by Gasteiger charge is -2.08. The van der Waals surface area contributed by atoms with Crippen LogP contribution in [0.4, 0.5) is 4.39 Å². The summed E-state index contributed by atoms with van der Waals surface area (Å²) < 4.78 is 14.2. The minimum absolute atomic E-state index is 0.148. The number of benzene rings is 1. The molecule has 0 saturated carbocycles. The summed E-state index contributed by atoms with van der Waals surface area (Å²) in [6.45, 7) is 2.67. The Morgan fingerprint density at radius 1 is 1.57 bits per heavy atom. The molecule has 1 aromatic rings. The smallest absolute Gasteiger partial charge is 0.127 e. The second-order valence-electron chi connectivity index (χ2n) is 3.09. The van der Waals surface area contributed by atoms with Crippen LogP contribution in [0.3, 0.4) is 0 Å². The zero-order valence-corrected chi connectivity index (χ0v) is 10.4. The highest BCUT2D eigenvalue weighted by Gasteiger charge is 2.05. The van der Waals surface area contributed by atoms with E-state index in [-0.39, 0.29) is 5.82 Å². The van der Waals surface area contributed by atoms with Crippen LogP contribution in [-0.2, 0) is 5.75 Å². The van der Waals surface area contributed by atoms with Crippen molar-refractivity contribution < 1.29 is 4.39 Å². The van der Waals surface area contributed by atoms with Gasteiger partial charge in [-0.2, -0.15) is 11.8 Å². The molecule has 0 amide bonds. The normalized spacial score (nSPS) is 12.9. The fourth-order valence-electron chi connectivity index (χ4n) is 0.954. The standard InChI is InChI=1S/C10H13BrFNS/c1-7(5-13)14-6-8-4-9(11)2-3-10(8)12/h2-4,7H,5-6,13H2,1H3. The van der Waals surface area contributed by atoms with E-state index in [2.05, 4.69) is 15.9 Å². The molecule has 0 aromatic heterocycles. The van der Waals surface area contributed by atoms with Gasteiger partial charge in [0.1, 0.15) is 5.82 Å². The predicted molar refractivity (Wildman–Crippen MR) is 63.9 cm³/mol. The first-order valence-corrected chi connectivity index (χ1v) is 6.23. The van der Waals surface area contributed by atoms with E-state index >= 15 is 0 Å². The molecule has 0 spiro atoms. The summed E-state index contributed by atoms with van der Waals surface area (Å²) in [6.07, 6.45) is 0. The minimum Gasteiger partial charge on any atom is -0.329 e. The lowest BCUT2D eigenvalue weighted by molar-refractivity contribution is 0.617. The molecule has 1 nitrogen and oxygen atoms in total. The van der Waals surface area contributed by atoms with Gasteiger partial charge in [-0.05, 0) is 23.8 Å². The SMILES string of the molecule is CC(CN)SCc1cc(Br)ccc1F. The Morgan fingerprint density at radius 3 is 2.93 bits per heavy atom. The molecule has 0 radical (unpaired) electrons. The monoisotopic (exact) mass is 277 g/mol. The van der Waals surface area contributed by atoms with E-state index in [0.717, 1.165) is 10.0 Å². The van der Waals surface area contributed by atoms with Crippen LogP contribution in [0.1, 0.15) is 12.5 Å². The van der Waals surface area contributed by atoms with Crippen molar-refractivity contribution in [1.82, 2.24) is 0 Å². The molecule has 1 aromatic carbocycles. The van der Waals surface area contributed by atoms with Crippen LogP contribution in [0.2, 0.25) is 0 Å². The van der Waals surface area contributed by atoms with Crippen molar-refractivity contribution in [1.29, 1.82) is 0 Å². The lowest BCUT2D eigenvalue weighted by Crippen LogP contribution is -2.12. The quantitative estimate of drug-likeness (QED) is 0.915. The van der Waals surface area contributed by atoms with Gasteiger partial charge in [0.25, 0.3) is 0 Å². The molecule has 0 aliphatic rings. The highest BCUT2D eigenvalue weighted by Crippen LogP contribution is 2.22. The number of thioether (sulfide) groups is 1. The molecule has 1 unspecified atom stereocenters. The minimum atomic E-state index is -0.148. The molecular weight excluding hydrogens is 265 g/mol. The van der Waals surface area contributed by atoms with Crippen molar-refractivity contribution in [2.24, 2.45) is 5.73 Å². The molecule has 0 heterocycles. The Balaban J connectivity index is 2.62. The van der Waals surface area contributed by atoms with Gasteiger partial charge in [0, 0.05) is 22.0 Å². The van der Waals surface area contributed by atoms with Crippen molar-refractivity contribution in [2.45, 2.75) is 17.9 Å². The van der Waals surface area contributed by atoms with E-state index in [9.17, 15) is 4.39 Å². The molecule has 2 N–H and O–H groups in total. The predicted octanol–water partition coefficient (Wildman–Crippen LogP) is 3.17. The molecule has 0 saturated heterocycles. The Morgan fingerprint density at radius 2 is 2.29 bits per heavy atom. The molecular formula is C10H13BrFNS. The molecule has 0 bridgehead atoms. The van der Waals surface area contributed by atoms with Gasteiger partial charge in [-0.3, -0.25) is 0 Å². The van der Waals surface area contributed by atoms with Gasteiger partial charge < -0.3 is 5.73 Å². The van der Waals surface area contributed by atoms with Crippen LogP contribution >= 0.6 is 27.7 Å². The largest absolute Gasteiger partial charge is 0.329 e. The summed E-state index contributed by atoms with van der Waals surface area (Å²) in [5, 5.41) is 0.369. The second kappa shape index (κ2) is 5.73. The van der Waals surface area contributed by atoms with Crippen molar-refractivity contribution in [2.75, 3.05) is 6.54 Å². The number of nitrogens with two attached hydrogens (primary N) is 1. The zero-order chi connectivity index (χ0) is 10.6. The van der Waals surface area contributed by atoms with Crippen molar-refractivity contribution in [3.05, 3.63) is 34.1 Å². The van der Waals surface area contributed by atoms with Gasteiger partial charge in [0.15, 0.2) is 0 Å². The highest BCUT2D eigenvalue weighted by molar-refractivity contribution is 9.10. The topological polar surface area (TPSA) is 26.0 Å². The first-order chi connectivity index (χ1) is 6.63. The molecule has 0 aliphatic heterocycles. The average Bonchev–Trinajstić information content (AvgIpc) is 2.19. The van der Waals surface area contributed by atoms with Gasteiger partial charge in [0.2, 0.25) is 0 Å². The van der Waals surface area contributed by atoms with E-state index in [1.807, 2.05) is 13.0 Å². The Kier molecular flexibility index (Phi) is 4.92. The molecule has 0 fully saturated rings. The number of halogens is 2. The van der Waals surface area contributed by atoms with Gasteiger partial charge >= 0.3 is 0 Å². The summed E-state index contributed by atoms with van der Waals surface area (Å²) in [4.78, 5) is 0. The fraction of sp³-hybridized carbons (Fsp3) is 0.400. The Hall–Kier alpha value is -0.0600. The van der Waals surface area contributed by atoms with E-state index in [1.54, 1.807) is 17.8 Å². The van der Waals surface area contributed by atoms with Crippen LogP contribution in [0.15, 0.2) is 22.7 Å². The highest BCUT2D eigenvalue weighted by atomic mass is 79.9. The van der Waals surface area contributed by atoms with Crippen LogP contribution < -0.4 is 5.73 Å². The Labute approximate surface area is 96.4 Å². The molecule has 4 heteroatoms. The summed E-state index contributed by atoms with van der Waals surface area (Å²) in [7, 11) is 0. The van der Waals surface area contributed by atoms with Crippen LogP contribution in [0.25, 0.3) is 0 Å². The van der Waals surface area contributed by atoms with Crippen molar-refractivity contribution in [3.63, 3.8) is 0 Å². The average molecular weight is 278 g/mol. The van der Waals surface area contributed by atoms with Gasteiger partial charge in [0.05, 0.1) is 0 Å². The third kappa shape index (κ3) is 3.59. The molecule has 1 atom stereocenters. The van der Waals surface area contributed by atoms with Crippen molar-refractivity contribution >= 4 is 27.7 Å². The fourth-order valence-corrected chi connectivity index (χ4v) is 2.18. The number of rotatable bonds is 4. The number of hydrogen-bond donors (Lipinski definition) is 1. The Bertz CT molecular complexity index is 306. The van der Waals surface area contributed by atoms with Gasteiger partial charge in [-0.1, -0.05) is 22.9 Å². The third-order valence-corrected chi connectivity index (χ3v) is 3.60. The van der Waals surface area contributed by atoms with E-state index in [4.69, 9.17) is 5.73 Å². The third-order valence-electron chi connectivity index (χ3n) is 1.86. The number of hydrogen-bond acceptors (Lipinski definition) is 2. The maximum Gasteiger partial charge on any atom is 0.127 e. The summed E-state index contributed by atoms with van der Waals surface area (Å²) in [5.41, 5.74) is 6.21. The molecule has 1 rings (SSSR count). The summed E-state index contributed by atoms with van der Waals surface area (Å²) >= 11 is 4.99. The van der Waals surface area contributed by atoms with Gasteiger partial charge in [-0.15, -0.1) is 0 Å². The van der Waals surface area contributed by atoms with E-state index < -0.39 is 0 Å².